The highest BCUT2D eigenvalue weighted by Gasteiger charge is 2.64. The molecular weight excluding hydrogens is 366 g/mol. The molecule has 1 amide bonds. The smallest absolute Gasteiger partial charge is 0.258 e. The van der Waals surface area contributed by atoms with Gasteiger partial charge in [0.1, 0.15) is 5.82 Å². The van der Waals surface area contributed by atoms with E-state index in [1.807, 2.05) is 18.2 Å². The van der Waals surface area contributed by atoms with Gasteiger partial charge >= 0.3 is 0 Å². The van der Waals surface area contributed by atoms with Crippen molar-refractivity contribution in [2.75, 3.05) is 6.54 Å². The lowest BCUT2D eigenvalue weighted by Gasteiger charge is -2.64. The molecule has 0 radical (unpaired) electrons. The van der Waals surface area contributed by atoms with Crippen LogP contribution in [-0.4, -0.2) is 33.1 Å². The average molecular weight is 396 g/mol. The van der Waals surface area contributed by atoms with E-state index in [0.29, 0.717) is 42.0 Å². The second kappa shape index (κ2) is 6.39. The third-order valence-corrected chi connectivity index (χ3v) is 7.70. The van der Waals surface area contributed by atoms with Gasteiger partial charge in [0.05, 0.1) is 21.9 Å². The number of aromatic amines is 1. The SMILES string of the molecule is CCC12CC3CC(O)(C1)CC(C(=O)NCCc1nc4ccccc4c(=O)[nH]1)(C3)C2. The van der Waals surface area contributed by atoms with Crippen molar-refractivity contribution in [3.63, 3.8) is 0 Å². The minimum Gasteiger partial charge on any atom is -0.390 e. The van der Waals surface area contributed by atoms with Crippen LogP contribution >= 0.6 is 0 Å². The van der Waals surface area contributed by atoms with Gasteiger partial charge in [-0.3, -0.25) is 9.59 Å². The Morgan fingerprint density at radius 3 is 2.86 bits per heavy atom. The van der Waals surface area contributed by atoms with Gasteiger partial charge in [0.2, 0.25) is 5.91 Å². The summed E-state index contributed by atoms with van der Waals surface area (Å²) < 4.78 is 0. The molecule has 4 aliphatic rings. The van der Waals surface area contributed by atoms with Crippen LogP contribution in [0.5, 0.6) is 0 Å². The molecule has 154 valence electrons. The van der Waals surface area contributed by atoms with Gasteiger partial charge in [-0.1, -0.05) is 25.5 Å². The first-order valence-corrected chi connectivity index (χ1v) is 10.8. The summed E-state index contributed by atoms with van der Waals surface area (Å²) in [7, 11) is 0. The van der Waals surface area contributed by atoms with Gasteiger partial charge in [-0.2, -0.15) is 0 Å². The van der Waals surface area contributed by atoms with E-state index in [1.54, 1.807) is 6.07 Å². The van der Waals surface area contributed by atoms with Crippen LogP contribution in [0.2, 0.25) is 0 Å². The highest BCUT2D eigenvalue weighted by Crippen LogP contribution is 2.67. The second-order valence-corrected chi connectivity index (χ2v) is 9.90. The number of para-hydroxylation sites is 1. The van der Waals surface area contributed by atoms with Crippen LogP contribution in [0.15, 0.2) is 29.1 Å². The number of nitrogens with one attached hydrogen (secondary N) is 2. The Kier molecular flexibility index (Phi) is 4.14. The van der Waals surface area contributed by atoms with Crippen molar-refractivity contribution in [1.82, 2.24) is 15.3 Å². The summed E-state index contributed by atoms with van der Waals surface area (Å²) in [5.41, 5.74) is -0.459. The van der Waals surface area contributed by atoms with E-state index in [9.17, 15) is 14.7 Å². The van der Waals surface area contributed by atoms with Gasteiger partial charge < -0.3 is 15.4 Å². The Bertz CT molecular complexity index is 1030. The molecule has 0 aliphatic heterocycles. The molecule has 6 rings (SSSR count). The number of carbonyl (C=O) groups excluding carboxylic acids is 1. The van der Waals surface area contributed by atoms with Crippen molar-refractivity contribution in [3.05, 3.63) is 40.4 Å². The molecule has 0 saturated heterocycles. The molecule has 6 heteroatoms. The van der Waals surface area contributed by atoms with E-state index >= 15 is 0 Å². The summed E-state index contributed by atoms with van der Waals surface area (Å²) in [5, 5.41) is 14.8. The number of aromatic nitrogens is 2. The van der Waals surface area contributed by atoms with Crippen molar-refractivity contribution in [1.29, 1.82) is 0 Å². The summed E-state index contributed by atoms with van der Waals surface area (Å²) in [4.78, 5) is 32.8. The third kappa shape index (κ3) is 3.08. The zero-order valence-electron chi connectivity index (χ0n) is 17.0. The fourth-order valence-corrected chi connectivity index (χ4v) is 6.97. The lowest BCUT2D eigenvalue weighted by Crippen LogP contribution is -2.63. The number of amides is 1. The van der Waals surface area contributed by atoms with Crippen molar-refractivity contribution in [2.24, 2.45) is 16.7 Å². The maximum atomic E-state index is 13.3. The molecule has 1 aromatic carbocycles. The molecule has 4 fully saturated rings. The summed E-state index contributed by atoms with van der Waals surface area (Å²) in [5.74, 6) is 1.12. The Hall–Kier alpha value is -2.21. The zero-order chi connectivity index (χ0) is 20.3. The van der Waals surface area contributed by atoms with E-state index < -0.39 is 11.0 Å². The Morgan fingerprint density at radius 1 is 1.24 bits per heavy atom. The molecule has 3 N–H and O–H groups in total. The molecule has 2 aromatic rings. The van der Waals surface area contributed by atoms with Crippen molar-refractivity contribution in [2.45, 2.75) is 63.9 Å². The quantitative estimate of drug-likeness (QED) is 0.725. The predicted molar refractivity (Wildman–Crippen MR) is 110 cm³/mol. The van der Waals surface area contributed by atoms with Gasteiger partial charge in [0.25, 0.3) is 5.56 Å². The van der Waals surface area contributed by atoms with Crippen LogP contribution in [0.4, 0.5) is 0 Å². The Labute approximate surface area is 170 Å². The van der Waals surface area contributed by atoms with Crippen molar-refractivity contribution >= 4 is 16.8 Å². The maximum Gasteiger partial charge on any atom is 0.258 e. The topological polar surface area (TPSA) is 95.1 Å². The first-order valence-electron chi connectivity index (χ1n) is 10.8. The lowest BCUT2D eigenvalue weighted by atomic mass is 9.42. The highest BCUT2D eigenvalue weighted by atomic mass is 16.3. The van der Waals surface area contributed by atoms with Crippen LogP contribution in [0.1, 0.15) is 57.7 Å². The summed E-state index contributed by atoms with van der Waals surface area (Å²) in [6.07, 6.45) is 6.76. The number of nitrogens with zero attached hydrogens (tertiary/aromatic N) is 1. The summed E-state index contributed by atoms with van der Waals surface area (Å²) in [6.45, 7) is 2.63. The van der Waals surface area contributed by atoms with Gasteiger partial charge in [-0.15, -0.1) is 0 Å². The Balaban J connectivity index is 1.30. The molecule has 6 nitrogen and oxygen atoms in total. The summed E-state index contributed by atoms with van der Waals surface area (Å²) in [6, 6.07) is 7.27. The lowest BCUT2D eigenvalue weighted by molar-refractivity contribution is -0.204. The van der Waals surface area contributed by atoms with E-state index in [2.05, 4.69) is 22.2 Å². The molecule has 1 aromatic heterocycles. The molecule has 4 saturated carbocycles. The average Bonchev–Trinajstić information content (AvgIpc) is 2.66. The minimum atomic E-state index is -0.669. The van der Waals surface area contributed by atoms with Gasteiger partial charge in [0.15, 0.2) is 0 Å². The van der Waals surface area contributed by atoms with E-state index in [-0.39, 0.29) is 16.9 Å². The van der Waals surface area contributed by atoms with E-state index in [4.69, 9.17) is 0 Å². The molecule has 1 heterocycles. The van der Waals surface area contributed by atoms with Crippen LogP contribution in [0, 0.1) is 16.7 Å². The number of hydrogen-bond acceptors (Lipinski definition) is 4. The molecule has 4 atom stereocenters. The highest BCUT2D eigenvalue weighted by molar-refractivity contribution is 5.83. The number of rotatable bonds is 5. The summed E-state index contributed by atoms with van der Waals surface area (Å²) >= 11 is 0. The molecule has 4 aliphatic carbocycles. The van der Waals surface area contributed by atoms with Gasteiger partial charge in [0, 0.05) is 13.0 Å². The predicted octanol–water partition coefficient (Wildman–Crippen LogP) is 2.69. The number of hydrogen-bond donors (Lipinski definition) is 3. The van der Waals surface area contributed by atoms with Crippen LogP contribution in [-0.2, 0) is 11.2 Å². The first kappa shape index (κ1) is 18.8. The molecule has 4 unspecified atom stereocenters. The first-order chi connectivity index (χ1) is 13.8. The maximum absolute atomic E-state index is 13.3. The minimum absolute atomic E-state index is 0.0704. The fourth-order valence-electron chi connectivity index (χ4n) is 6.97. The van der Waals surface area contributed by atoms with Crippen LogP contribution < -0.4 is 10.9 Å². The Morgan fingerprint density at radius 2 is 2.07 bits per heavy atom. The zero-order valence-corrected chi connectivity index (χ0v) is 17.0. The second-order valence-electron chi connectivity index (χ2n) is 9.90. The van der Waals surface area contributed by atoms with Gasteiger partial charge in [-0.05, 0) is 62.0 Å². The molecule has 29 heavy (non-hydrogen) atoms. The third-order valence-electron chi connectivity index (χ3n) is 7.70. The van der Waals surface area contributed by atoms with Crippen molar-refractivity contribution in [3.8, 4) is 0 Å². The number of carbonyl (C=O) groups is 1. The van der Waals surface area contributed by atoms with Crippen molar-refractivity contribution < 1.29 is 9.90 Å². The fraction of sp³-hybridized carbons (Fsp3) is 0.609. The molecule has 4 bridgehead atoms. The number of H-pyrrole nitrogens is 1. The van der Waals surface area contributed by atoms with Crippen LogP contribution in [0.3, 0.4) is 0 Å². The number of fused-ring (bicyclic) bond motifs is 1. The van der Waals surface area contributed by atoms with Crippen LogP contribution in [0.25, 0.3) is 10.9 Å². The largest absolute Gasteiger partial charge is 0.390 e. The normalized spacial score (nSPS) is 35.2. The number of aliphatic hydroxyl groups is 1. The monoisotopic (exact) mass is 395 g/mol. The van der Waals surface area contributed by atoms with Gasteiger partial charge in [-0.25, -0.2) is 4.98 Å². The van der Waals surface area contributed by atoms with E-state index in [1.165, 1.54) is 0 Å². The molecular formula is C23H29N3O3. The number of benzene rings is 1. The standard InChI is InChI=1S/C23H29N3O3/c1-2-21-9-15-10-22(12-21,14-23(29,11-15)13-21)20(28)24-8-7-18-25-17-6-4-3-5-16(17)19(27)26-18/h3-6,15,29H,2,7-14H2,1H3,(H,24,28)(H,25,26,27). The molecule has 0 spiro atoms. The van der Waals surface area contributed by atoms with E-state index in [0.717, 1.165) is 38.5 Å².